The number of hydrogen-bond acceptors (Lipinski definition) is 3. The number of likely N-dealkylation sites (tertiary alicyclic amines) is 1. The van der Waals surface area contributed by atoms with Crippen molar-refractivity contribution < 1.29 is 9.90 Å². The Morgan fingerprint density at radius 2 is 1.90 bits per heavy atom. The standard InChI is InChI=1S/C18H25NO2/c1-12-7-13(2)9-15(8-12)17(20)5-6-19-10-14-3-4-18(21)16(14)11-19/h7-9,14,16,18,21H,3-6,10-11H2,1-2H3. The highest BCUT2D eigenvalue weighted by Gasteiger charge is 2.41. The molecule has 21 heavy (non-hydrogen) atoms. The number of carbonyl (C=O) groups is 1. The van der Waals surface area contributed by atoms with E-state index in [1.165, 1.54) is 0 Å². The van der Waals surface area contributed by atoms with Gasteiger partial charge < -0.3 is 10.0 Å². The minimum Gasteiger partial charge on any atom is -0.393 e. The molecule has 1 aliphatic heterocycles. The third-order valence-corrected chi connectivity index (χ3v) is 5.09. The lowest BCUT2D eigenvalue weighted by atomic mass is 10.00. The van der Waals surface area contributed by atoms with Gasteiger partial charge in [0.1, 0.15) is 0 Å². The molecule has 3 nitrogen and oxygen atoms in total. The summed E-state index contributed by atoms with van der Waals surface area (Å²) in [5.41, 5.74) is 3.14. The molecule has 0 amide bonds. The summed E-state index contributed by atoms with van der Waals surface area (Å²) in [6.07, 6.45) is 2.58. The summed E-state index contributed by atoms with van der Waals surface area (Å²) >= 11 is 0. The average Bonchev–Trinajstić information content (AvgIpc) is 2.97. The molecule has 1 N–H and O–H groups in total. The number of nitrogens with zero attached hydrogens (tertiary/aromatic N) is 1. The van der Waals surface area contributed by atoms with Crippen LogP contribution in [0.25, 0.3) is 0 Å². The van der Waals surface area contributed by atoms with Gasteiger partial charge in [-0.05, 0) is 44.7 Å². The van der Waals surface area contributed by atoms with Gasteiger partial charge in [-0.15, -0.1) is 0 Å². The maximum atomic E-state index is 12.3. The van der Waals surface area contributed by atoms with Gasteiger partial charge in [0.25, 0.3) is 0 Å². The van der Waals surface area contributed by atoms with Gasteiger partial charge in [-0.2, -0.15) is 0 Å². The molecule has 3 heteroatoms. The highest BCUT2D eigenvalue weighted by molar-refractivity contribution is 5.96. The van der Waals surface area contributed by atoms with E-state index in [9.17, 15) is 9.90 Å². The fourth-order valence-corrected chi connectivity index (χ4v) is 4.05. The molecule has 1 saturated carbocycles. The molecular formula is C18H25NO2. The van der Waals surface area contributed by atoms with Gasteiger partial charge in [0.15, 0.2) is 5.78 Å². The number of fused-ring (bicyclic) bond motifs is 1. The van der Waals surface area contributed by atoms with E-state index in [0.29, 0.717) is 18.3 Å². The number of aliphatic hydroxyl groups excluding tert-OH is 1. The molecule has 1 heterocycles. The predicted molar refractivity (Wildman–Crippen MR) is 83.5 cm³/mol. The Morgan fingerprint density at radius 3 is 2.57 bits per heavy atom. The second kappa shape index (κ2) is 5.90. The third kappa shape index (κ3) is 3.19. The molecular weight excluding hydrogens is 262 g/mol. The number of benzene rings is 1. The number of ketones is 1. The van der Waals surface area contributed by atoms with Crippen LogP contribution in [0.3, 0.4) is 0 Å². The topological polar surface area (TPSA) is 40.5 Å². The summed E-state index contributed by atoms with van der Waals surface area (Å²) in [6, 6.07) is 6.06. The van der Waals surface area contributed by atoms with Crippen LogP contribution in [0.1, 0.15) is 40.7 Å². The van der Waals surface area contributed by atoms with Crippen LogP contribution >= 0.6 is 0 Å². The second-order valence-electron chi connectivity index (χ2n) is 6.88. The molecule has 3 rings (SSSR count). The quantitative estimate of drug-likeness (QED) is 0.865. The van der Waals surface area contributed by atoms with E-state index in [1.54, 1.807) is 0 Å². The van der Waals surface area contributed by atoms with Gasteiger partial charge in [0, 0.05) is 37.5 Å². The first-order valence-corrected chi connectivity index (χ1v) is 8.05. The Bertz CT molecular complexity index is 520. The van der Waals surface area contributed by atoms with E-state index in [1.807, 2.05) is 26.0 Å². The van der Waals surface area contributed by atoms with Gasteiger partial charge in [-0.1, -0.05) is 17.2 Å². The maximum absolute atomic E-state index is 12.3. The monoisotopic (exact) mass is 287 g/mol. The lowest BCUT2D eigenvalue weighted by Gasteiger charge is -2.17. The van der Waals surface area contributed by atoms with E-state index in [2.05, 4.69) is 11.0 Å². The fraction of sp³-hybridized carbons (Fsp3) is 0.611. The van der Waals surface area contributed by atoms with E-state index < -0.39 is 0 Å². The molecule has 0 radical (unpaired) electrons. The van der Waals surface area contributed by atoms with Crippen molar-refractivity contribution >= 4 is 5.78 Å². The smallest absolute Gasteiger partial charge is 0.164 e. The van der Waals surface area contributed by atoms with E-state index in [-0.39, 0.29) is 11.9 Å². The molecule has 0 spiro atoms. The summed E-state index contributed by atoms with van der Waals surface area (Å²) in [5, 5.41) is 9.94. The first-order chi connectivity index (χ1) is 10.0. The molecule has 2 aliphatic rings. The number of aliphatic hydroxyl groups is 1. The number of carbonyl (C=O) groups excluding carboxylic acids is 1. The van der Waals surface area contributed by atoms with Crippen molar-refractivity contribution in [1.29, 1.82) is 0 Å². The van der Waals surface area contributed by atoms with Crippen LogP contribution in [0, 0.1) is 25.7 Å². The maximum Gasteiger partial charge on any atom is 0.164 e. The van der Waals surface area contributed by atoms with Gasteiger partial charge in [0.2, 0.25) is 0 Å². The summed E-state index contributed by atoms with van der Waals surface area (Å²) in [7, 11) is 0. The summed E-state index contributed by atoms with van der Waals surface area (Å²) in [4.78, 5) is 14.7. The van der Waals surface area contributed by atoms with Crippen molar-refractivity contribution in [2.45, 2.75) is 39.2 Å². The zero-order chi connectivity index (χ0) is 15.0. The Labute approximate surface area is 127 Å². The molecule has 1 saturated heterocycles. The van der Waals surface area contributed by atoms with Gasteiger partial charge in [0.05, 0.1) is 6.10 Å². The van der Waals surface area contributed by atoms with Gasteiger partial charge >= 0.3 is 0 Å². The van der Waals surface area contributed by atoms with E-state index in [4.69, 9.17) is 0 Å². The Balaban J connectivity index is 1.55. The SMILES string of the molecule is Cc1cc(C)cc(C(=O)CCN2CC3CCC(O)C3C2)c1. The second-order valence-corrected chi connectivity index (χ2v) is 6.88. The van der Waals surface area contributed by atoms with Crippen LogP contribution in [-0.2, 0) is 0 Å². The first-order valence-electron chi connectivity index (χ1n) is 8.05. The van der Waals surface area contributed by atoms with Crippen molar-refractivity contribution in [3.8, 4) is 0 Å². The minimum atomic E-state index is -0.116. The van der Waals surface area contributed by atoms with Crippen molar-refractivity contribution in [2.75, 3.05) is 19.6 Å². The Hall–Kier alpha value is -1.19. The molecule has 1 aromatic carbocycles. The zero-order valence-electron chi connectivity index (χ0n) is 13.0. The van der Waals surface area contributed by atoms with Crippen LogP contribution in [0.2, 0.25) is 0 Å². The number of aryl methyl sites for hydroxylation is 2. The lowest BCUT2D eigenvalue weighted by molar-refractivity contribution is 0.0961. The van der Waals surface area contributed by atoms with Gasteiger partial charge in [-0.25, -0.2) is 0 Å². The number of rotatable bonds is 4. The largest absolute Gasteiger partial charge is 0.393 e. The highest BCUT2D eigenvalue weighted by Crippen LogP contribution is 2.38. The van der Waals surface area contributed by atoms with Crippen LogP contribution in [0.5, 0.6) is 0 Å². The lowest BCUT2D eigenvalue weighted by Crippen LogP contribution is -2.27. The first kappa shape index (κ1) is 14.7. The van der Waals surface area contributed by atoms with Crippen LogP contribution in [-0.4, -0.2) is 41.5 Å². The van der Waals surface area contributed by atoms with Crippen LogP contribution in [0.15, 0.2) is 18.2 Å². The molecule has 3 unspecified atom stereocenters. The Morgan fingerprint density at radius 1 is 1.19 bits per heavy atom. The van der Waals surface area contributed by atoms with Crippen molar-refractivity contribution in [3.63, 3.8) is 0 Å². The predicted octanol–water partition coefficient (Wildman–Crippen LogP) is 2.58. The summed E-state index contributed by atoms with van der Waals surface area (Å²) < 4.78 is 0. The molecule has 0 aromatic heterocycles. The molecule has 0 bridgehead atoms. The Kier molecular flexibility index (Phi) is 4.14. The third-order valence-electron chi connectivity index (χ3n) is 5.09. The number of Topliss-reactive ketones (excluding diaryl/α,β-unsaturated/α-hetero) is 1. The molecule has 3 atom stereocenters. The van der Waals surface area contributed by atoms with Crippen molar-refractivity contribution in [1.82, 2.24) is 4.90 Å². The van der Waals surface area contributed by atoms with Crippen molar-refractivity contribution in [3.05, 3.63) is 34.9 Å². The molecule has 1 aromatic rings. The molecule has 2 fully saturated rings. The van der Waals surface area contributed by atoms with Gasteiger partial charge in [-0.3, -0.25) is 4.79 Å². The minimum absolute atomic E-state index is 0.116. The van der Waals surface area contributed by atoms with Crippen molar-refractivity contribution in [2.24, 2.45) is 11.8 Å². The fourth-order valence-electron chi connectivity index (χ4n) is 4.05. The summed E-state index contributed by atoms with van der Waals surface area (Å²) in [5.74, 6) is 1.33. The van der Waals surface area contributed by atoms with E-state index in [0.717, 1.165) is 49.2 Å². The molecule has 1 aliphatic carbocycles. The van der Waals surface area contributed by atoms with Crippen LogP contribution < -0.4 is 0 Å². The highest BCUT2D eigenvalue weighted by atomic mass is 16.3. The summed E-state index contributed by atoms with van der Waals surface area (Å²) in [6.45, 7) is 6.92. The molecule has 114 valence electrons. The van der Waals surface area contributed by atoms with Crippen LogP contribution in [0.4, 0.5) is 0 Å². The average molecular weight is 287 g/mol. The zero-order valence-corrected chi connectivity index (χ0v) is 13.0. The van der Waals surface area contributed by atoms with E-state index >= 15 is 0 Å². The number of hydrogen-bond donors (Lipinski definition) is 1. The normalized spacial score (nSPS) is 28.8.